The average Bonchev–Trinajstić information content (AvgIpc) is 3.19. The number of benzene rings is 4. The summed E-state index contributed by atoms with van der Waals surface area (Å²) in [5.74, 6) is 2.30. The first-order chi connectivity index (χ1) is 26.1. The van der Waals surface area contributed by atoms with Gasteiger partial charge < -0.3 is 14.2 Å². The van der Waals surface area contributed by atoms with Crippen LogP contribution in [0, 0.1) is 0 Å². The quantitative estimate of drug-likeness (QED) is 0.0390. The molecular formula is C49H60O4. The number of rotatable bonds is 25. The van der Waals surface area contributed by atoms with E-state index < -0.39 is 0 Å². The summed E-state index contributed by atoms with van der Waals surface area (Å²) >= 11 is 0. The molecule has 4 rings (SSSR count). The van der Waals surface area contributed by atoms with Crippen LogP contribution < -0.4 is 14.2 Å². The van der Waals surface area contributed by atoms with E-state index in [9.17, 15) is 4.79 Å². The normalized spacial score (nSPS) is 11.5. The minimum atomic E-state index is 0.664. The lowest BCUT2D eigenvalue weighted by molar-refractivity contribution is 0.112. The predicted octanol–water partition coefficient (Wildman–Crippen LogP) is 13.9. The van der Waals surface area contributed by atoms with Crippen LogP contribution in [0.1, 0.15) is 142 Å². The number of aldehydes is 1. The van der Waals surface area contributed by atoms with Crippen molar-refractivity contribution in [1.29, 1.82) is 0 Å². The molecule has 4 nitrogen and oxygen atoms in total. The van der Waals surface area contributed by atoms with Crippen molar-refractivity contribution in [2.24, 2.45) is 0 Å². The van der Waals surface area contributed by atoms with Gasteiger partial charge in [-0.2, -0.15) is 0 Å². The molecule has 0 saturated carbocycles. The second-order valence-corrected chi connectivity index (χ2v) is 13.7. The first-order valence-corrected chi connectivity index (χ1v) is 20.0. The van der Waals surface area contributed by atoms with Crippen LogP contribution in [0.15, 0.2) is 84.9 Å². The van der Waals surface area contributed by atoms with Crippen LogP contribution in [-0.4, -0.2) is 26.1 Å². The van der Waals surface area contributed by atoms with Gasteiger partial charge in [0.05, 0.1) is 19.8 Å². The van der Waals surface area contributed by atoms with Crippen molar-refractivity contribution in [2.75, 3.05) is 19.8 Å². The summed E-state index contributed by atoms with van der Waals surface area (Å²) in [6.07, 6.45) is 27.4. The molecule has 0 N–H and O–H groups in total. The van der Waals surface area contributed by atoms with E-state index >= 15 is 0 Å². The molecule has 4 aromatic carbocycles. The fourth-order valence-electron chi connectivity index (χ4n) is 5.87. The number of hydrogen-bond donors (Lipinski definition) is 0. The van der Waals surface area contributed by atoms with Crippen LogP contribution in [0.2, 0.25) is 0 Å². The van der Waals surface area contributed by atoms with E-state index in [1.165, 1.54) is 57.8 Å². The Morgan fingerprint density at radius 2 is 0.679 bits per heavy atom. The molecule has 280 valence electrons. The van der Waals surface area contributed by atoms with Crippen LogP contribution in [0.25, 0.3) is 36.5 Å². The van der Waals surface area contributed by atoms with E-state index in [2.05, 4.69) is 118 Å². The van der Waals surface area contributed by atoms with Gasteiger partial charge in [-0.05, 0) is 64.8 Å². The van der Waals surface area contributed by atoms with Gasteiger partial charge in [0.25, 0.3) is 0 Å². The van der Waals surface area contributed by atoms with Gasteiger partial charge in [-0.1, -0.05) is 188 Å². The van der Waals surface area contributed by atoms with Gasteiger partial charge in [-0.25, -0.2) is 0 Å². The Hall–Kier alpha value is -4.83. The Labute approximate surface area is 319 Å². The lowest BCUT2D eigenvalue weighted by Gasteiger charge is -2.18. The molecule has 4 heteroatoms. The predicted molar refractivity (Wildman–Crippen MR) is 227 cm³/mol. The Balaban J connectivity index is 1.43. The summed E-state index contributed by atoms with van der Waals surface area (Å²) < 4.78 is 19.2. The molecular weight excluding hydrogens is 653 g/mol. The first kappa shape index (κ1) is 40.9. The van der Waals surface area contributed by atoms with Gasteiger partial charge in [0, 0.05) is 5.56 Å². The average molecular weight is 713 g/mol. The smallest absolute Gasteiger partial charge is 0.203 e. The van der Waals surface area contributed by atoms with Crippen LogP contribution in [0.4, 0.5) is 0 Å². The van der Waals surface area contributed by atoms with E-state index in [1.54, 1.807) is 0 Å². The second kappa shape index (κ2) is 24.4. The van der Waals surface area contributed by atoms with Gasteiger partial charge in [-0.15, -0.1) is 0 Å². The highest BCUT2D eigenvalue weighted by molar-refractivity contribution is 5.77. The van der Waals surface area contributed by atoms with Crippen LogP contribution in [-0.2, 0) is 0 Å². The Morgan fingerprint density at radius 1 is 0.377 bits per heavy atom. The number of carbonyl (C=O) groups excluding carboxylic acids is 1. The lowest BCUT2D eigenvalue weighted by atomic mass is 10.1. The van der Waals surface area contributed by atoms with E-state index in [-0.39, 0.29) is 0 Å². The highest BCUT2D eigenvalue weighted by Crippen LogP contribution is 2.40. The number of carbonyl (C=O) groups is 1. The fraction of sp³-hybridized carbons (Fsp3) is 0.367. The zero-order chi connectivity index (χ0) is 37.4. The molecule has 0 aliphatic carbocycles. The minimum Gasteiger partial charge on any atom is -0.490 e. The first-order valence-electron chi connectivity index (χ1n) is 20.0. The van der Waals surface area contributed by atoms with Gasteiger partial charge in [0.2, 0.25) is 5.75 Å². The van der Waals surface area contributed by atoms with Crippen molar-refractivity contribution in [3.63, 3.8) is 0 Å². The summed E-state index contributed by atoms with van der Waals surface area (Å²) in [5, 5.41) is 0. The molecule has 0 aromatic heterocycles. The summed E-state index contributed by atoms with van der Waals surface area (Å²) in [7, 11) is 0. The molecule has 0 heterocycles. The zero-order valence-electron chi connectivity index (χ0n) is 32.4. The van der Waals surface area contributed by atoms with Crippen molar-refractivity contribution < 1.29 is 19.0 Å². The molecule has 0 bridgehead atoms. The van der Waals surface area contributed by atoms with Gasteiger partial charge in [0.1, 0.15) is 6.29 Å². The van der Waals surface area contributed by atoms with E-state index in [1.807, 2.05) is 24.3 Å². The molecule has 0 aliphatic rings. The van der Waals surface area contributed by atoms with Crippen LogP contribution >= 0.6 is 0 Å². The molecule has 0 atom stereocenters. The largest absolute Gasteiger partial charge is 0.490 e. The maximum atomic E-state index is 10.9. The zero-order valence-corrected chi connectivity index (χ0v) is 32.4. The Kier molecular flexibility index (Phi) is 18.9. The highest BCUT2D eigenvalue weighted by Gasteiger charge is 2.15. The monoisotopic (exact) mass is 712 g/mol. The lowest BCUT2D eigenvalue weighted by Crippen LogP contribution is -2.06. The summed E-state index contributed by atoms with van der Waals surface area (Å²) in [5.41, 5.74) is 7.31. The molecule has 0 aliphatic heterocycles. The summed E-state index contributed by atoms with van der Waals surface area (Å²) in [6.45, 7) is 8.70. The van der Waals surface area contributed by atoms with Crippen LogP contribution in [0.5, 0.6) is 17.2 Å². The molecule has 53 heavy (non-hydrogen) atoms. The SMILES string of the molecule is CCCCCCOc1cc(/C=C/c2ccc(/C=C/c3ccc(/C=C/c4ccc(C=O)cc4)cc3)cc2)cc(OCCCCCC)c1OCCCCCC. The number of unbranched alkanes of at least 4 members (excludes halogenated alkanes) is 9. The van der Waals surface area contributed by atoms with Crippen LogP contribution in [0.3, 0.4) is 0 Å². The third kappa shape index (κ3) is 15.4. The van der Waals surface area contributed by atoms with Crippen molar-refractivity contribution in [1.82, 2.24) is 0 Å². The van der Waals surface area contributed by atoms with Gasteiger partial charge >= 0.3 is 0 Å². The van der Waals surface area contributed by atoms with Crippen molar-refractivity contribution in [3.05, 3.63) is 124 Å². The molecule has 0 radical (unpaired) electrons. The molecule has 4 aromatic rings. The Morgan fingerprint density at radius 3 is 1.00 bits per heavy atom. The van der Waals surface area contributed by atoms with Crippen molar-refractivity contribution in [2.45, 2.75) is 97.8 Å². The number of ether oxygens (including phenoxy) is 3. The summed E-state index contributed by atoms with van der Waals surface area (Å²) in [6, 6.07) is 28.8. The Bertz CT molecular complexity index is 1660. The van der Waals surface area contributed by atoms with Crippen molar-refractivity contribution in [3.8, 4) is 17.2 Å². The molecule has 0 amide bonds. The molecule has 0 unspecified atom stereocenters. The molecule has 0 saturated heterocycles. The summed E-state index contributed by atoms with van der Waals surface area (Å²) in [4.78, 5) is 10.9. The second-order valence-electron chi connectivity index (χ2n) is 13.7. The minimum absolute atomic E-state index is 0.664. The topological polar surface area (TPSA) is 44.8 Å². The fourth-order valence-corrected chi connectivity index (χ4v) is 5.87. The molecule has 0 fully saturated rings. The van der Waals surface area contributed by atoms with E-state index in [0.29, 0.717) is 25.4 Å². The maximum Gasteiger partial charge on any atom is 0.203 e. The van der Waals surface area contributed by atoms with E-state index in [0.717, 1.165) is 76.2 Å². The maximum absolute atomic E-state index is 10.9. The standard InChI is InChI=1S/C49H60O4/c1-4-7-10-13-34-51-47-37-46(38-48(52-35-14-11-8-5-2)49(47)53-36-15-12-9-6-3)33-30-43-25-22-42(23-26-43)21-18-40-16-19-41(20-17-40)24-27-44-28-31-45(39-50)32-29-44/h16-33,37-39H,4-15,34-36H2,1-3H3/b21-18+,27-24+,33-30+. The van der Waals surface area contributed by atoms with E-state index in [4.69, 9.17) is 14.2 Å². The van der Waals surface area contributed by atoms with Gasteiger partial charge in [0.15, 0.2) is 11.5 Å². The van der Waals surface area contributed by atoms with Crippen molar-refractivity contribution >= 4 is 42.7 Å². The third-order valence-electron chi connectivity index (χ3n) is 9.15. The van der Waals surface area contributed by atoms with Gasteiger partial charge in [-0.3, -0.25) is 4.79 Å². The number of hydrogen-bond acceptors (Lipinski definition) is 4. The highest BCUT2D eigenvalue weighted by atomic mass is 16.5. The molecule has 0 spiro atoms. The third-order valence-corrected chi connectivity index (χ3v) is 9.15.